The molecular weight excluding hydrogens is 1460 g/mol. The quantitative estimate of drug-likeness (QED) is 0.0142. The molecule has 0 saturated heterocycles. The second kappa shape index (κ2) is 45.2. The Labute approximate surface area is 667 Å². The van der Waals surface area contributed by atoms with Crippen molar-refractivity contribution in [1.82, 2.24) is 47.8 Å². The predicted molar refractivity (Wildman–Crippen MR) is 446 cm³/mol. The number of aromatic nitrogens is 10. The first kappa shape index (κ1) is 84.8. The molecule has 0 radical (unpaired) electrons. The van der Waals surface area contributed by atoms with Gasteiger partial charge in [-0.05, 0) is 126 Å². The van der Waals surface area contributed by atoms with Crippen molar-refractivity contribution < 1.29 is 60.5 Å². The monoisotopic (exact) mass is 1560 g/mol. The molecule has 0 atom stereocenters. The van der Waals surface area contributed by atoms with Gasteiger partial charge in [0.05, 0.1) is 62.5 Å². The number of methoxy groups -OCH3 is 1. The lowest BCUT2D eigenvalue weighted by Crippen LogP contribution is -2.06. The van der Waals surface area contributed by atoms with Gasteiger partial charge in [0.15, 0.2) is 11.5 Å². The Morgan fingerprint density at radius 1 is 0.330 bits per heavy atom. The normalized spacial score (nSPS) is 11.4. The van der Waals surface area contributed by atoms with Crippen molar-refractivity contribution in [2.75, 3.05) is 46.4 Å². The van der Waals surface area contributed by atoms with Crippen LogP contribution in [0.1, 0.15) is 97.4 Å². The highest BCUT2D eigenvalue weighted by molar-refractivity contribution is 6.17. The molecule has 8 aromatic carbocycles. The lowest BCUT2D eigenvalue weighted by atomic mass is 10.00. The van der Waals surface area contributed by atoms with Gasteiger partial charge in [0.2, 0.25) is 0 Å². The molecule has 0 aliphatic carbocycles. The molecule has 5 heterocycles. The summed E-state index contributed by atoms with van der Waals surface area (Å²) < 4.78 is 20.6. The zero-order valence-corrected chi connectivity index (χ0v) is 64.6. The molecule has 13 rings (SSSR count). The Bertz CT molecular complexity index is 5160. The first-order valence-electron chi connectivity index (χ1n) is 37.4. The van der Waals surface area contributed by atoms with Crippen molar-refractivity contribution in [2.24, 2.45) is 25.0 Å². The number of hydrogen-bond acceptors (Lipinski definition) is 22. The summed E-state index contributed by atoms with van der Waals surface area (Å²) in [6.45, 7) is 13.6. The Kier molecular flexibility index (Phi) is 33.3. The van der Waals surface area contributed by atoms with Gasteiger partial charge in [0.1, 0.15) is 57.5 Å². The number of hydrogen-bond donors (Lipinski definition) is 10. The van der Waals surface area contributed by atoms with Crippen LogP contribution in [0.5, 0.6) is 69.0 Å². The highest BCUT2D eigenvalue weighted by atomic mass is 16.5. The topological polar surface area (TPSA) is 372 Å². The molecule has 0 aliphatic heterocycles. The Balaban J connectivity index is 0.000000165. The molecule has 0 bridgehead atoms. The largest absolute Gasteiger partial charge is 0.508 e. The summed E-state index contributed by atoms with van der Waals surface area (Å²) in [6, 6.07) is 47.9. The van der Waals surface area contributed by atoms with Crippen LogP contribution < -0.4 is 9.47 Å². The van der Waals surface area contributed by atoms with Crippen LogP contribution in [0, 0.1) is 0 Å². The fraction of sp³-hybridized carbons (Fsp3) is 0.227. The molecule has 0 aliphatic rings. The van der Waals surface area contributed by atoms with Crippen molar-refractivity contribution in [3.63, 3.8) is 0 Å². The number of benzene rings is 8. The fourth-order valence-corrected chi connectivity index (χ4v) is 11.7. The van der Waals surface area contributed by atoms with Crippen LogP contribution in [0.25, 0.3) is 0 Å². The second-order valence-electron chi connectivity index (χ2n) is 25.9. The molecule has 0 unspecified atom stereocenters. The molecule has 115 heavy (non-hydrogen) atoms. The van der Waals surface area contributed by atoms with Gasteiger partial charge in [-0.15, -0.1) is 0 Å². The fourth-order valence-electron chi connectivity index (χ4n) is 11.7. The summed E-state index contributed by atoms with van der Waals surface area (Å²) in [5, 5.41) is 98.6. The van der Waals surface area contributed by atoms with Crippen molar-refractivity contribution in [3.8, 4) is 69.0 Å². The second-order valence-corrected chi connectivity index (χ2v) is 25.9. The molecule has 10 N–H and O–H groups in total. The van der Waals surface area contributed by atoms with Crippen LogP contribution in [0.2, 0.25) is 0 Å². The summed E-state index contributed by atoms with van der Waals surface area (Å²) in [5.41, 5.74) is 8.83. The maximum atomic E-state index is 10.5. The SMILES string of the molecule is CC(=NCCCn1ccnc1)c1ccc(O)cc1O.CCOc1ccc(C(=NCCCn2ccnc2)c2ccccc2)c(O)c1.COc1cccc(C(C)=NCCCn2ccnc2)c1O.Oc1ccc(C(=NCCCn2ccnc2)c2ccc(O)cc2O)c(O)c1.Oc1ccc(C(=NCCCn2ccnc2)c2ccccc2)c(O)c1. The highest BCUT2D eigenvalue weighted by Crippen LogP contribution is 2.33. The maximum Gasteiger partial charge on any atom is 0.166 e. The van der Waals surface area contributed by atoms with E-state index in [4.69, 9.17) is 19.5 Å². The van der Waals surface area contributed by atoms with Crippen molar-refractivity contribution in [1.29, 1.82) is 0 Å². The molecular formula is C88H97N15O12. The molecule has 0 saturated carbocycles. The number of rotatable bonds is 31. The highest BCUT2D eigenvalue weighted by Gasteiger charge is 2.19. The summed E-state index contributed by atoms with van der Waals surface area (Å²) >= 11 is 0. The van der Waals surface area contributed by atoms with Gasteiger partial charge in [-0.2, -0.15) is 0 Å². The number of phenols is 10. The van der Waals surface area contributed by atoms with Crippen LogP contribution in [-0.2, 0) is 32.7 Å². The molecule has 0 amide bonds. The predicted octanol–water partition coefficient (Wildman–Crippen LogP) is 14.5. The first-order chi connectivity index (χ1) is 55.9. The van der Waals surface area contributed by atoms with E-state index in [-0.39, 0.29) is 57.5 Å². The summed E-state index contributed by atoms with van der Waals surface area (Å²) in [7, 11) is 1.54. The van der Waals surface area contributed by atoms with Gasteiger partial charge in [-0.25, -0.2) is 24.9 Å². The number of para-hydroxylation sites is 1. The standard InChI is InChI=1S/C21H23N3O2.C19H19N3O4.C19H19N3O2.C15H19N3O2.C14H17N3O2/c1-2-26-18-9-10-19(20(25)15-18)21(17-7-4-3-5-8-17)23-11-6-13-24-14-12-22-16-24;23-13-2-4-15(17(25)10-13)19(16-5-3-14(24)11-18(16)26)21-6-1-8-22-9-7-20-12-22;23-16-7-8-17(18(24)13-16)19(15-5-2-1-3-6-15)21-9-4-11-22-12-10-20-14-22;1-12(13-5-3-6-14(20-2)15(13)19)17-7-4-9-18-10-8-16-11-18;1-11(13-4-3-12(18)9-14(13)19)16-5-2-7-17-8-6-15-10-17/h3-5,7-10,12,14-16,25H,2,6,11,13H2,1H3;2-5,7,9-12,23-26H,1,6,8H2;1-3,5-8,10,12-14,23-24H,4,9,11H2;3,5-6,8,10-11,19H,4,7,9H2,1-2H3;3-4,6,8-10,18-19H,2,5,7H2,1H3. The van der Waals surface area contributed by atoms with E-state index in [0.29, 0.717) is 89.9 Å². The smallest absolute Gasteiger partial charge is 0.166 e. The average Bonchev–Trinajstić information content (AvgIpc) is 1.32. The third kappa shape index (κ3) is 27.0. The first-order valence-corrected chi connectivity index (χ1v) is 37.4. The number of aromatic hydroxyl groups is 10. The Morgan fingerprint density at radius 3 is 0.965 bits per heavy atom. The number of nitrogens with zero attached hydrogens (tertiary/aromatic N) is 15. The van der Waals surface area contributed by atoms with E-state index < -0.39 is 0 Å². The van der Waals surface area contributed by atoms with E-state index in [1.807, 2.05) is 160 Å². The minimum absolute atomic E-state index is 0.0206. The molecule has 596 valence electrons. The summed E-state index contributed by atoms with van der Waals surface area (Å²) in [5.74, 6) is 1.16. The molecule has 27 heteroatoms. The van der Waals surface area contributed by atoms with E-state index in [0.717, 1.165) is 98.8 Å². The van der Waals surface area contributed by atoms with E-state index in [2.05, 4.69) is 39.9 Å². The number of imidazole rings is 5. The lowest BCUT2D eigenvalue weighted by Gasteiger charge is -2.12. The van der Waals surface area contributed by atoms with Crippen LogP contribution in [0.4, 0.5) is 0 Å². The van der Waals surface area contributed by atoms with E-state index in [9.17, 15) is 51.1 Å². The van der Waals surface area contributed by atoms with Crippen molar-refractivity contribution >= 4 is 28.6 Å². The van der Waals surface area contributed by atoms with Gasteiger partial charge in [-0.3, -0.25) is 25.0 Å². The molecule has 27 nitrogen and oxygen atoms in total. The number of aryl methyl sites for hydroxylation is 5. The van der Waals surface area contributed by atoms with Crippen LogP contribution in [-0.4, -0.2) is 174 Å². The van der Waals surface area contributed by atoms with Gasteiger partial charge >= 0.3 is 0 Å². The third-order valence-corrected chi connectivity index (χ3v) is 17.5. The maximum absolute atomic E-state index is 10.5. The zero-order chi connectivity index (χ0) is 81.5. The zero-order valence-electron chi connectivity index (χ0n) is 64.6. The average molecular weight is 1560 g/mol. The van der Waals surface area contributed by atoms with Gasteiger partial charge in [0.25, 0.3) is 0 Å². The number of phenolic OH excluding ortho intramolecular Hbond substituents is 10. The van der Waals surface area contributed by atoms with Crippen LogP contribution in [0.15, 0.2) is 288 Å². The minimum Gasteiger partial charge on any atom is -0.508 e. The third-order valence-electron chi connectivity index (χ3n) is 17.5. The minimum atomic E-state index is -0.147. The molecule has 5 aromatic heterocycles. The Hall–Kier alpha value is -14.2. The molecule has 0 fully saturated rings. The van der Waals surface area contributed by atoms with Crippen LogP contribution >= 0.6 is 0 Å². The van der Waals surface area contributed by atoms with Crippen molar-refractivity contribution in [2.45, 2.75) is 85.6 Å². The number of ether oxygens (including phenoxy) is 2. The van der Waals surface area contributed by atoms with E-state index in [1.165, 1.54) is 55.6 Å². The molecule has 0 spiro atoms. The summed E-state index contributed by atoms with van der Waals surface area (Å²) in [4.78, 5) is 43.0. The lowest BCUT2D eigenvalue weighted by molar-refractivity contribution is 0.337. The van der Waals surface area contributed by atoms with Gasteiger partial charge in [0, 0.05) is 214 Å². The summed E-state index contributed by atoms with van der Waals surface area (Å²) in [6.07, 6.45) is 31.6. The van der Waals surface area contributed by atoms with E-state index >= 15 is 0 Å². The van der Waals surface area contributed by atoms with E-state index in [1.54, 1.807) is 99.0 Å². The Morgan fingerprint density at radius 2 is 0.643 bits per heavy atom. The van der Waals surface area contributed by atoms with Gasteiger partial charge in [-0.1, -0.05) is 66.7 Å². The molecule has 13 aromatic rings. The van der Waals surface area contributed by atoms with Gasteiger partial charge < -0.3 is 83.4 Å². The van der Waals surface area contributed by atoms with Crippen molar-refractivity contribution in [3.05, 3.63) is 308 Å². The van der Waals surface area contributed by atoms with Crippen LogP contribution in [0.3, 0.4) is 0 Å². The number of aliphatic imine (C=N–C) groups is 5.